The summed E-state index contributed by atoms with van der Waals surface area (Å²) in [6, 6.07) is 5.96. The molecule has 0 unspecified atom stereocenters. The van der Waals surface area contributed by atoms with E-state index in [0.717, 1.165) is 30.0 Å². The fourth-order valence-electron chi connectivity index (χ4n) is 1.55. The van der Waals surface area contributed by atoms with Crippen molar-refractivity contribution in [3.05, 3.63) is 47.7 Å². The third kappa shape index (κ3) is 3.84. The van der Waals surface area contributed by atoms with Gasteiger partial charge in [0.05, 0.1) is 5.56 Å². The molecule has 1 aromatic carbocycles. The minimum atomic E-state index is -4.48. The van der Waals surface area contributed by atoms with E-state index in [1.165, 1.54) is 12.1 Å². The second-order valence-electron chi connectivity index (χ2n) is 4.08. The van der Waals surface area contributed by atoms with Crippen LogP contribution in [0, 0.1) is 0 Å². The summed E-state index contributed by atoms with van der Waals surface area (Å²) in [6.45, 7) is 0. The van der Waals surface area contributed by atoms with Gasteiger partial charge < -0.3 is 5.73 Å². The highest BCUT2D eigenvalue weighted by Gasteiger charge is 2.30. The molecule has 2 N–H and O–H groups in total. The molecule has 0 atom stereocenters. The van der Waals surface area contributed by atoms with Crippen LogP contribution in [0.1, 0.15) is 17.6 Å². The van der Waals surface area contributed by atoms with Crippen molar-refractivity contribution < 1.29 is 22.0 Å². The number of nitrogens with zero attached hydrogens (tertiary/aromatic N) is 1. The Hall–Kier alpha value is -1.83. The first-order chi connectivity index (χ1) is 9.77. The van der Waals surface area contributed by atoms with Gasteiger partial charge in [-0.1, -0.05) is 11.8 Å². The molecule has 0 amide bonds. The Labute approximate surface area is 121 Å². The van der Waals surface area contributed by atoms with Gasteiger partial charge in [-0.3, -0.25) is 0 Å². The molecule has 2 nitrogen and oxygen atoms in total. The zero-order valence-corrected chi connectivity index (χ0v) is 11.2. The Balaban J connectivity index is 2.26. The molecule has 2 rings (SSSR count). The SMILES string of the molecule is Nc1ccc(Sc2ccc(C(F)(F)F)cn2)c(C(F)F)c1. The Bertz CT molecular complexity index is 625. The highest BCUT2D eigenvalue weighted by atomic mass is 32.2. The molecule has 8 heteroatoms. The van der Waals surface area contributed by atoms with E-state index in [2.05, 4.69) is 4.98 Å². The Morgan fingerprint density at radius 1 is 1.10 bits per heavy atom. The van der Waals surface area contributed by atoms with Gasteiger partial charge in [0.2, 0.25) is 0 Å². The molecule has 0 radical (unpaired) electrons. The summed E-state index contributed by atoms with van der Waals surface area (Å²) in [5, 5.41) is 0.190. The van der Waals surface area contributed by atoms with Crippen LogP contribution in [-0.2, 0) is 6.18 Å². The predicted octanol–water partition coefficient (Wildman–Crippen LogP) is 4.77. The summed E-state index contributed by atoms with van der Waals surface area (Å²) in [5.41, 5.74) is 4.47. The summed E-state index contributed by atoms with van der Waals surface area (Å²) in [4.78, 5) is 3.83. The highest BCUT2D eigenvalue weighted by Crippen LogP contribution is 2.36. The van der Waals surface area contributed by atoms with E-state index < -0.39 is 18.2 Å². The number of nitrogen functional groups attached to an aromatic ring is 1. The lowest BCUT2D eigenvalue weighted by Crippen LogP contribution is -2.05. The van der Waals surface area contributed by atoms with Crippen molar-refractivity contribution in [1.82, 2.24) is 4.98 Å². The van der Waals surface area contributed by atoms with Gasteiger partial charge in [0.1, 0.15) is 5.03 Å². The average Bonchev–Trinajstić information content (AvgIpc) is 2.40. The zero-order valence-electron chi connectivity index (χ0n) is 10.4. The van der Waals surface area contributed by atoms with Crippen LogP contribution in [0.4, 0.5) is 27.6 Å². The summed E-state index contributed by atoms with van der Waals surface area (Å²) < 4.78 is 63.0. The van der Waals surface area contributed by atoms with Crippen molar-refractivity contribution in [2.45, 2.75) is 22.5 Å². The van der Waals surface area contributed by atoms with Gasteiger partial charge in [0, 0.05) is 22.3 Å². The quantitative estimate of drug-likeness (QED) is 0.654. The lowest BCUT2D eigenvalue weighted by atomic mass is 10.2. The van der Waals surface area contributed by atoms with Crippen molar-refractivity contribution >= 4 is 17.4 Å². The molecule has 2 aromatic rings. The standard InChI is InChI=1S/C13H9F5N2S/c14-12(15)9-5-8(19)2-3-10(9)21-11-4-1-7(6-20-11)13(16,17)18/h1-6,12H,19H2. The zero-order chi connectivity index (χ0) is 15.6. The molecule has 0 bridgehead atoms. The Kier molecular flexibility index (Phi) is 4.36. The van der Waals surface area contributed by atoms with E-state index in [1.807, 2.05) is 0 Å². The number of alkyl halides is 5. The molecule has 0 saturated heterocycles. The van der Waals surface area contributed by atoms with Gasteiger partial charge in [-0.25, -0.2) is 13.8 Å². The monoisotopic (exact) mass is 320 g/mol. The molecule has 1 heterocycles. The molecule has 0 fully saturated rings. The third-order valence-electron chi connectivity index (χ3n) is 2.55. The van der Waals surface area contributed by atoms with Crippen molar-refractivity contribution in [2.75, 3.05) is 5.73 Å². The number of halogens is 5. The molecular formula is C13H9F5N2S. The van der Waals surface area contributed by atoms with Gasteiger partial charge in [-0.05, 0) is 30.3 Å². The first-order valence-electron chi connectivity index (χ1n) is 5.66. The summed E-state index contributed by atoms with van der Waals surface area (Å²) in [6.07, 6.45) is -6.54. The van der Waals surface area contributed by atoms with Crippen molar-refractivity contribution in [3.8, 4) is 0 Å². The van der Waals surface area contributed by atoms with E-state index in [0.29, 0.717) is 6.20 Å². The van der Waals surface area contributed by atoms with E-state index in [9.17, 15) is 22.0 Å². The van der Waals surface area contributed by atoms with Gasteiger partial charge in [0.15, 0.2) is 0 Å². The summed E-state index contributed by atoms with van der Waals surface area (Å²) in [5.74, 6) is 0. The molecule has 21 heavy (non-hydrogen) atoms. The number of benzene rings is 1. The van der Waals surface area contributed by atoms with Crippen molar-refractivity contribution in [3.63, 3.8) is 0 Å². The average molecular weight is 320 g/mol. The third-order valence-corrected chi connectivity index (χ3v) is 3.59. The van der Waals surface area contributed by atoms with Gasteiger partial charge in [-0.2, -0.15) is 13.2 Å². The van der Waals surface area contributed by atoms with Crippen LogP contribution < -0.4 is 5.73 Å². The number of hydrogen-bond acceptors (Lipinski definition) is 3. The topological polar surface area (TPSA) is 38.9 Å². The molecule has 1 aromatic heterocycles. The molecule has 112 valence electrons. The molecular weight excluding hydrogens is 311 g/mol. The summed E-state index contributed by atoms with van der Waals surface area (Å²) >= 11 is 0.857. The van der Waals surface area contributed by atoms with Crippen LogP contribution in [0.25, 0.3) is 0 Å². The van der Waals surface area contributed by atoms with E-state index in [4.69, 9.17) is 5.73 Å². The number of hydrogen-bond donors (Lipinski definition) is 1. The van der Waals surface area contributed by atoms with E-state index >= 15 is 0 Å². The van der Waals surface area contributed by atoms with Crippen LogP contribution in [0.15, 0.2) is 46.5 Å². The number of pyridine rings is 1. The lowest BCUT2D eigenvalue weighted by Gasteiger charge is -2.10. The second-order valence-corrected chi connectivity index (χ2v) is 5.15. The fraction of sp³-hybridized carbons (Fsp3) is 0.154. The van der Waals surface area contributed by atoms with Crippen LogP contribution in [-0.4, -0.2) is 4.98 Å². The minimum Gasteiger partial charge on any atom is -0.399 e. The van der Waals surface area contributed by atoms with Crippen LogP contribution >= 0.6 is 11.8 Å². The van der Waals surface area contributed by atoms with Gasteiger partial charge in [-0.15, -0.1) is 0 Å². The van der Waals surface area contributed by atoms with Gasteiger partial charge >= 0.3 is 6.18 Å². The number of aromatic nitrogens is 1. The first-order valence-corrected chi connectivity index (χ1v) is 6.47. The highest BCUT2D eigenvalue weighted by molar-refractivity contribution is 7.99. The smallest absolute Gasteiger partial charge is 0.399 e. The first kappa shape index (κ1) is 15.6. The number of nitrogens with two attached hydrogens (primary N) is 1. The second kappa shape index (κ2) is 5.88. The molecule has 0 aliphatic heterocycles. The van der Waals surface area contributed by atoms with Crippen molar-refractivity contribution in [2.24, 2.45) is 0 Å². The van der Waals surface area contributed by atoms with Crippen molar-refractivity contribution in [1.29, 1.82) is 0 Å². The fourth-order valence-corrected chi connectivity index (χ4v) is 2.42. The lowest BCUT2D eigenvalue weighted by molar-refractivity contribution is -0.137. The van der Waals surface area contributed by atoms with E-state index in [-0.39, 0.29) is 21.2 Å². The maximum absolute atomic E-state index is 12.9. The van der Waals surface area contributed by atoms with Gasteiger partial charge in [0.25, 0.3) is 6.43 Å². The molecule has 0 aliphatic carbocycles. The van der Waals surface area contributed by atoms with Crippen LogP contribution in [0.5, 0.6) is 0 Å². The largest absolute Gasteiger partial charge is 0.417 e. The molecule has 0 spiro atoms. The normalized spacial score (nSPS) is 11.9. The number of rotatable bonds is 3. The van der Waals surface area contributed by atoms with Crippen LogP contribution in [0.3, 0.4) is 0 Å². The molecule has 0 aliphatic rings. The maximum Gasteiger partial charge on any atom is 0.417 e. The molecule has 0 saturated carbocycles. The van der Waals surface area contributed by atoms with Crippen LogP contribution in [0.2, 0.25) is 0 Å². The Morgan fingerprint density at radius 2 is 1.81 bits per heavy atom. The number of anilines is 1. The minimum absolute atomic E-state index is 0.190. The maximum atomic E-state index is 12.9. The predicted molar refractivity (Wildman–Crippen MR) is 69.2 cm³/mol. The van der Waals surface area contributed by atoms with E-state index in [1.54, 1.807) is 0 Å². The Morgan fingerprint density at radius 3 is 2.33 bits per heavy atom. The summed E-state index contributed by atoms with van der Waals surface area (Å²) in [7, 11) is 0.